The van der Waals surface area contributed by atoms with Crippen LogP contribution in [0.4, 0.5) is 0 Å². The van der Waals surface area contributed by atoms with Crippen LogP contribution in [0.2, 0.25) is 0 Å². The monoisotopic (exact) mass is 280 g/mol. The summed E-state index contributed by atoms with van der Waals surface area (Å²) in [6.07, 6.45) is 0.538. The lowest BCUT2D eigenvalue weighted by Gasteiger charge is -2.26. The second-order valence-electron chi connectivity index (χ2n) is 5.45. The van der Waals surface area contributed by atoms with Crippen molar-refractivity contribution >= 4 is 0 Å². The summed E-state index contributed by atoms with van der Waals surface area (Å²) in [5.74, 6) is 0.877. The third-order valence-corrected chi connectivity index (χ3v) is 3.37. The molecule has 0 aliphatic carbocycles. The van der Waals surface area contributed by atoms with E-state index in [0.29, 0.717) is 0 Å². The lowest BCUT2D eigenvalue weighted by molar-refractivity contribution is 0.101. The minimum Gasteiger partial charge on any atom is -0.497 e. The Balaban J connectivity index is 2.61. The smallest absolute Gasteiger partial charge is 0.118 e. The first-order chi connectivity index (χ1) is 9.55. The van der Waals surface area contributed by atoms with Crippen molar-refractivity contribution in [3.8, 4) is 5.75 Å². The van der Waals surface area contributed by atoms with E-state index in [4.69, 9.17) is 4.74 Å². The largest absolute Gasteiger partial charge is 0.497 e. The number of ether oxygens (including phenoxy) is 1. The average molecular weight is 280 g/mol. The molecule has 0 amide bonds. The molecule has 114 valence electrons. The van der Waals surface area contributed by atoms with Crippen LogP contribution in [0.1, 0.15) is 18.9 Å². The number of methoxy groups -OCH3 is 1. The first-order valence-corrected chi connectivity index (χ1v) is 7.23. The highest BCUT2D eigenvalue weighted by atomic mass is 16.5. The Morgan fingerprint density at radius 1 is 1.15 bits per heavy atom. The average Bonchev–Trinajstić information content (AvgIpc) is 2.45. The van der Waals surface area contributed by atoms with Crippen LogP contribution in [0, 0.1) is 0 Å². The van der Waals surface area contributed by atoms with E-state index in [2.05, 4.69) is 36.0 Å². The summed E-state index contributed by atoms with van der Waals surface area (Å²) in [6, 6.07) is 8.13. The molecule has 1 N–H and O–H groups in total. The van der Waals surface area contributed by atoms with Crippen molar-refractivity contribution in [1.82, 2.24) is 9.80 Å². The molecule has 0 bridgehead atoms. The Morgan fingerprint density at radius 2 is 1.80 bits per heavy atom. The molecule has 0 aliphatic heterocycles. The van der Waals surface area contributed by atoms with E-state index >= 15 is 0 Å². The molecule has 0 radical (unpaired) electrons. The number of hydrogen-bond acceptors (Lipinski definition) is 4. The summed E-state index contributed by atoms with van der Waals surface area (Å²) in [6.45, 7) is 5.54. The van der Waals surface area contributed by atoms with Gasteiger partial charge in [0, 0.05) is 26.2 Å². The number of benzene rings is 1. The van der Waals surface area contributed by atoms with Crippen molar-refractivity contribution in [3.05, 3.63) is 29.8 Å². The van der Waals surface area contributed by atoms with Gasteiger partial charge in [-0.15, -0.1) is 0 Å². The van der Waals surface area contributed by atoms with Crippen LogP contribution in [0.15, 0.2) is 24.3 Å². The van der Waals surface area contributed by atoms with Crippen LogP contribution in [-0.4, -0.2) is 61.8 Å². The highest BCUT2D eigenvalue weighted by molar-refractivity contribution is 5.27. The highest BCUT2D eigenvalue weighted by Crippen LogP contribution is 2.13. The van der Waals surface area contributed by atoms with Crippen molar-refractivity contribution in [2.75, 3.05) is 40.8 Å². The van der Waals surface area contributed by atoms with Crippen LogP contribution >= 0.6 is 0 Å². The van der Waals surface area contributed by atoms with Crippen LogP contribution in [0.25, 0.3) is 0 Å². The third-order valence-electron chi connectivity index (χ3n) is 3.37. The Morgan fingerprint density at radius 3 is 2.30 bits per heavy atom. The topological polar surface area (TPSA) is 35.9 Å². The van der Waals surface area contributed by atoms with Crippen LogP contribution in [-0.2, 0) is 6.54 Å². The van der Waals surface area contributed by atoms with Gasteiger partial charge in [-0.3, -0.25) is 4.90 Å². The Kier molecular flexibility index (Phi) is 7.59. The number of aliphatic hydroxyl groups is 1. The van der Waals surface area contributed by atoms with Crippen molar-refractivity contribution in [2.24, 2.45) is 0 Å². The van der Waals surface area contributed by atoms with Crippen molar-refractivity contribution < 1.29 is 9.84 Å². The number of rotatable bonds is 9. The van der Waals surface area contributed by atoms with Gasteiger partial charge >= 0.3 is 0 Å². The Labute approximate surface area is 123 Å². The number of aliphatic hydroxyl groups excluding tert-OH is 1. The van der Waals surface area contributed by atoms with Gasteiger partial charge in [0.2, 0.25) is 0 Å². The molecular formula is C16H28N2O2. The third kappa shape index (κ3) is 6.37. The molecule has 0 saturated heterocycles. The molecule has 0 heterocycles. The summed E-state index contributed by atoms with van der Waals surface area (Å²) >= 11 is 0. The molecular weight excluding hydrogens is 252 g/mol. The maximum absolute atomic E-state index is 9.88. The van der Waals surface area contributed by atoms with Crippen molar-refractivity contribution in [2.45, 2.75) is 26.0 Å². The molecule has 0 fully saturated rings. The molecule has 0 aromatic heterocycles. The highest BCUT2D eigenvalue weighted by Gasteiger charge is 2.11. The predicted molar refractivity (Wildman–Crippen MR) is 83.1 cm³/mol. The molecule has 1 atom stereocenters. The Bertz CT molecular complexity index is 365. The molecule has 1 aromatic rings. The van der Waals surface area contributed by atoms with Gasteiger partial charge < -0.3 is 14.7 Å². The first kappa shape index (κ1) is 17.0. The quantitative estimate of drug-likeness (QED) is 0.748. The fraction of sp³-hybridized carbons (Fsp3) is 0.625. The van der Waals surface area contributed by atoms with E-state index in [1.165, 1.54) is 5.56 Å². The second-order valence-corrected chi connectivity index (χ2v) is 5.45. The minimum absolute atomic E-state index is 0.254. The summed E-state index contributed by atoms with van der Waals surface area (Å²) in [4.78, 5) is 4.47. The number of nitrogens with zero attached hydrogens (tertiary/aromatic N) is 2. The lowest BCUT2D eigenvalue weighted by atomic mass is 10.2. The van der Waals surface area contributed by atoms with Crippen LogP contribution in [0.3, 0.4) is 0 Å². The van der Waals surface area contributed by atoms with Gasteiger partial charge in [-0.2, -0.15) is 0 Å². The zero-order valence-corrected chi connectivity index (χ0v) is 13.2. The summed E-state index contributed by atoms with van der Waals surface area (Å²) < 4.78 is 5.17. The van der Waals surface area contributed by atoms with Gasteiger partial charge in [0.1, 0.15) is 5.75 Å². The maximum Gasteiger partial charge on any atom is 0.118 e. The lowest BCUT2D eigenvalue weighted by Crippen LogP contribution is -2.36. The Hall–Kier alpha value is -1.10. The van der Waals surface area contributed by atoms with E-state index in [1.54, 1.807) is 7.11 Å². The van der Waals surface area contributed by atoms with Gasteiger partial charge in [0.05, 0.1) is 13.2 Å². The van der Waals surface area contributed by atoms with Crippen LogP contribution in [0.5, 0.6) is 5.75 Å². The van der Waals surface area contributed by atoms with Gasteiger partial charge in [-0.25, -0.2) is 0 Å². The van der Waals surface area contributed by atoms with Gasteiger partial charge in [-0.1, -0.05) is 19.1 Å². The molecule has 20 heavy (non-hydrogen) atoms. The fourth-order valence-corrected chi connectivity index (χ4v) is 1.99. The second kappa shape index (κ2) is 8.95. The van der Waals surface area contributed by atoms with Crippen LogP contribution < -0.4 is 4.74 Å². The standard InChI is InChI=1S/C16H28N2O2/c1-5-15(19)13-18(11-10-17(2)3)12-14-6-8-16(20-4)9-7-14/h6-9,15,19H,5,10-13H2,1-4H3. The molecule has 4 heteroatoms. The summed E-state index contributed by atoms with van der Waals surface area (Å²) in [5, 5.41) is 9.88. The summed E-state index contributed by atoms with van der Waals surface area (Å²) in [7, 11) is 5.82. The normalized spacial score (nSPS) is 12.9. The van der Waals surface area contributed by atoms with Crippen molar-refractivity contribution in [1.29, 1.82) is 0 Å². The zero-order valence-electron chi connectivity index (χ0n) is 13.2. The van der Waals surface area contributed by atoms with Gasteiger partial charge in [-0.05, 0) is 38.2 Å². The minimum atomic E-state index is -0.254. The van der Waals surface area contributed by atoms with E-state index in [1.807, 2.05) is 19.1 Å². The maximum atomic E-state index is 9.88. The molecule has 1 rings (SSSR count). The zero-order chi connectivity index (χ0) is 15.0. The molecule has 1 unspecified atom stereocenters. The number of likely N-dealkylation sites (N-methyl/N-ethyl adjacent to an activating group) is 1. The first-order valence-electron chi connectivity index (χ1n) is 7.23. The van der Waals surface area contributed by atoms with E-state index < -0.39 is 0 Å². The predicted octanol–water partition coefficient (Wildman–Crippen LogP) is 1.83. The van der Waals surface area contributed by atoms with Gasteiger partial charge in [0.25, 0.3) is 0 Å². The van der Waals surface area contributed by atoms with E-state index in [9.17, 15) is 5.11 Å². The molecule has 0 aliphatic rings. The fourth-order valence-electron chi connectivity index (χ4n) is 1.99. The van der Waals surface area contributed by atoms with E-state index in [-0.39, 0.29) is 6.10 Å². The molecule has 1 aromatic carbocycles. The SMILES string of the molecule is CCC(O)CN(CCN(C)C)Cc1ccc(OC)cc1. The summed E-state index contributed by atoms with van der Waals surface area (Å²) in [5.41, 5.74) is 1.24. The number of hydrogen-bond donors (Lipinski definition) is 1. The molecule has 0 saturated carbocycles. The van der Waals surface area contributed by atoms with Crippen molar-refractivity contribution in [3.63, 3.8) is 0 Å². The van der Waals surface area contributed by atoms with Gasteiger partial charge in [0.15, 0.2) is 0 Å². The molecule has 0 spiro atoms. The van der Waals surface area contributed by atoms with E-state index in [0.717, 1.165) is 38.3 Å². The molecule has 4 nitrogen and oxygen atoms in total.